The van der Waals surface area contributed by atoms with E-state index < -0.39 is 0 Å². The van der Waals surface area contributed by atoms with Crippen LogP contribution in [0.2, 0.25) is 0 Å². The van der Waals surface area contributed by atoms with E-state index in [1.807, 2.05) is 6.08 Å². The standard InChI is InChI=1S/C7H12O2/c1-2-3-4-7-5-8-6-9-7/h3-4,7H,2,5-6H2,1H3/b4-3+. The first-order chi connectivity index (χ1) is 4.43. The minimum Gasteiger partial charge on any atom is -0.352 e. The number of ether oxygens (including phenoxy) is 2. The summed E-state index contributed by atoms with van der Waals surface area (Å²) in [4.78, 5) is 0. The summed E-state index contributed by atoms with van der Waals surface area (Å²) in [6.07, 6.45) is 5.43. The third-order valence-electron chi connectivity index (χ3n) is 1.23. The summed E-state index contributed by atoms with van der Waals surface area (Å²) in [6.45, 7) is 3.28. The molecule has 0 amide bonds. The van der Waals surface area contributed by atoms with Gasteiger partial charge in [0.2, 0.25) is 0 Å². The van der Waals surface area contributed by atoms with Crippen LogP contribution in [0.15, 0.2) is 12.2 Å². The summed E-state index contributed by atoms with van der Waals surface area (Å²) in [6, 6.07) is 0. The fourth-order valence-corrected chi connectivity index (χ4v) is 0.747. The van der Waals surface area contributed by atoms with Gasteiger partial charge in [0.25, 0.3) is 0 Å². The van der Waals surface area contributed by atoms with Crippen molar-refractivity contribution in [1.29, 1.82) is 0 Å². The highest BCUT2D eigenvalue weighted by Gasteiger charge is 2.10. The first-order valence-corrected chi connectivity index (χ1v) is 3.29. The summed E-state index contributed by atoms with van der Waals surface area (Å²) in [5, 5.41) is 0. The highest BCUT2D eigenvalue weighted by molar-refractivity contribution is 4.89. The van der Waals surface area contributed by atoms with Gasteiger partial charge in [0.05, 0.1) is 6.61 Å². The Morgan fingerprint density at radius 1 is 1.67 bits per heavy atom. The molecule has 0 bridgehead atoms. The molecule has 0 aromatic heterocycles. The third kappa shape index (κ3) is 2.16. The predicted molar refractivity (Wildman–Crippen MR) is 35.1 cm³/mol. The normalized spacial score (nSPS) is 27.9. The van der Waals surface area contributed by atoms with Gasteiger partial charge in [0.1, 0.15) is 12.9 Å². The Hall–Kier alpha value is -0.340. The van der Waals surface area contributed by atoms with E-state index >= 15 is 0 Å². The second-order valence-corrected chi connectivity index (χ2v) is 2.03. The molecule has 1 heterocycles. The van der Waals surface area contributed by atoms with Gasteiger partial charge in [-0.15, -0.1) is 0 Å². The van der Waals surface area contributed by atoms with Crippen molar-refractivity contribution in [2.75, 3.05) is 13.4 Å². The molecule has 9 heavy (non-hydrogen) atoms. The molecule has 1 aliphatic heterocycles. The van der Waals surface area contributed by atoms with E-state index in [1.165, 1.54) is 0 Å². The van der Waals surface area contributed by atoms with Crippen LogP contribution in [0.1, 0.15) is 13.3 Å². The lowest BCUT2D eigenvalue weighted by molar-refractivity contribution is 0.0572. The molecule has 0 N–H and O–H groups in total. The molecule has 1 unspecified atom stereocenters. The van der Waals surface area contributed by atoms with Crippen LogP contribution in [0.3, 0.4) is 0 Å². The first-order valence-electron chi connectivity index (χ1n) is 3.29. The topological polar surface area (TPSA) is 18.5 Å². The Labute approximate surface area is 55.5 Å². The van der Waals surface area contributed by atoms with Crippen molar-refractivity contribution in [3.63, 3.8) is 0 Å². The zero-order valence-corrected chi connectivity index (χ0v) is 5.67. The van der Waals surface area contributed by atoms with Crippen molar-refractivity contribution in [3.8, 4) is 0 Å². The summed E-state index contributed by atoms with van der Waals surface area (Å²) in [5.74, 6) is 0. The van der Waals surface area contributed by atoms with Gasteiger partial charge in [-0.1, -0.05) is 19.1 Å². The molecule has 0 aromatic rings. The highest BCUT2D eigenvalue weighted by atomic mass is 16.7. The average Bonchev–Trinajstić information content (AvgIpc) is 2.34. The Balaban J connectivity index is 2.18. The highest BCUT2D eigenvalue weighted by Crippen LogP contribution is 2.03. The van der Waals surface area contributed by atoms with Crippen molar-refractivity contribution < 1.29 is 9.47 Å². The van der Waals surface area contributed by atoms with Gasteiger partial charge in [-0.05, 0) is 6.42 Å². The summed E-state index contributed by atoms with van der Waals surface area (Å²) in [7, 11) is 0. The van der Waals surface area contributed by atoms with E-state index in [2.05, 4.69) is 13.0 Å². The number of hydrogen-bond donors (Lipinski definition) is 0. The van der Waals surface area contributed by atoms with Gasteiger partial charge < -0.3 is 9.47 Å². The zero-order chi connectivity index (χ0) is 6.53. The maximum Gasteiger partial charge on any atom is 0.147 e. The fourth-order valence-electron chi connectivity index (χ4n) is 0.747. The molecule has 0 aromatic carbocycles. The van der Waals surface area contributed by atoms with Crippen molar-refractivity contribution in [3.05, 3.63) is 12.2 Å². The quantitative estimate of drug-likeness (QED) is 0.522. The number of rotatable bonds is 2. The molecule has 0 radical (unpaired) electrons. The van der Waals surface area contributed by atoms with Gasteiger partial charge in [0, 0.05) is 0 Å². The van der Waals surface area contributed by atoms with E-state index in [0.717, 1.165) is 13.0 Å². The Morgan fingerprint density at radius 3 is 3.11 bits per heavy atom. The maximum atomic E-state index is 5.15. The molecule has 1 aliphatic rings. The van der Waals surface area contributed by atoms with Gasteiger partial charge >= 0.3 is 0 Å². The molecule has 0 spiro atoms. The molecule has 0 saturated carbocycles. The van der Waals surface area contributed by atoms with Gasteiger partial charge in [-0.25, -0.2) is 0 Å². The average molecular weight is 128 g/mol. The van der Waals surface area contributed by atoms with Crippen LogP contribution in [-0.2, 0) is 9.47 Å². The zero-order valence-electron chi connectivity index (χ0n) is 5.67. The first kappa shape index (κ1) is 6.78. The summed E-state index contributed by atoms with van der Waals surface area (Å²) >= 11 is 0. The molecular formula is C7H12O2. The monoisotopic (exact) mass is 128 g/mol. The summed E-state index contributed by atoms with van der Waals surface area (Å²) < 4.78 is 10.1. The number of allylic oxidation sites excluding steroid dienone is 1. The second-order valence-electron chi connectivity index (χ2n) is 2.03. The molecule has 2 heteroatoms. The molecule has 0 aliphatic carbocycles. The van der Waals surface area contributed by atoms with Gasteiger partial charge in [-0.3, -0.25) is 0 Å². The van der Waals surface area contributed by atoms with Crippen molar-refractivity contribution >= 4 is 0 Å². The van der Waals surface area contributed by atoms with Gasteiger partial charge in [0.15, 0.2) is 0 Å². The second kappa shape index (κ2) is 3.64. The lowest BCUT2D eigenvalue weighted by Crippen LogP contribution is -2.03. The number of hydrogen-bond acceptors (Lipinski definition) is 2. The van der Waals surface area contributed by atoms with Crippen LogP contribution < -0.4 is 0 Å². The Bertz CT molecular complexity index is 93.1. The van der Waals surface area contributed by atoms with E-state index in [0.29, 0.717) is 6.79 Å². The van der Waals surface area contributed by atoms with Crippen LogP contribution in [0.5, 0.6) is 0 Å². The maximum absolute atomic E-state index is 5.15. The lowest BCUT2D eigenvalue weighted by Gasteiger charge is -1.96. The molecule has 1 atom stereocenters. The Kier molecular flexibility index (Phi) is 2.74. The van der Waals surface area contributed by atoms with E-state index in [9.17, 15) is 0 Å². The van der Waals surface area contributed by atoms with Crippen molar-refractivity contribution in [2.45, 2.75) is 19.4 Å². The van der Waals surface area contributed by atoms with Crippen LogP contribution in [0.4, 0.5) is 0 Å². The van der Waals surface area contributed by atoms with E-state index in [-0.39, 0.29) is 6.10 Å². The lowest BCUT2D eigenvalue weighted by atomic mass is 10.3. The van der Waals surface area contributed by atoms with Gasteiger partial charge in [-0.2, -0.15) is 0 Å². The smallest absolute Gasteiger partial charge is 0.147 e. The van der Waals surface area contributed by atoms with Crippen LogP contribution in [0, 0.1) is 0 Å². The molecule has 2 nitrogen and oxygen atoms in total. The minimum absolute atomic E-state index is 0.213. The molecule has 1 fully saturated rings. The van der Waals surface area contributed by atoms with Crippen LogP contribution in [-0.4, -0.2) is 19.5 Å². The van der Waals surface area contributed by atoms with Crippen molar-refractivity contribution in [2.24, 2.45) is 0 Å². The molecular weight excluding hydrogens is 116 g/mol. The molecule has 52 valence electrons. The largest absolute Gasteiger partial charge is 0.352 e. The Morgan fingerprint density at radius 2 is 2.56 bits per heavy atom. The predicted octanol–water partition coefficient (Wildman–Crippen LogP) is 1.33. The fraction of sp³-hybridized carbons (Fsp3) is 0.714. The SMILES string of the molecule is CC/C=C/C1COCO1. The minimum atomic E-state index is 0.213. The van der Waals surface area contributed by atoms with Crippen LogP contribution >= 0.6 is 0 Å². The summed E-state index contributed by atoms with van der Waals surface area (Å²) in [5.41, 5.74) is 0. The van der Waals surface area contributed by atoms with E-state index in [4.69, 9.17) is 9.47 Å². The van der Waals surface area contributed by atoms with Crippen molar-refractivity contribution in [1.82, 2.24) is 0 Å². The van der Waals surface area contributed by atoms with E-state index in [1.54, 1.807) is 0 Å². The molecule has 1 saturated heterocycles. The third-order valence-corrected chi connectivity index (χ3v) is 1.23. The molecule has 1 rings (SSSR count). The van der Waals surface area contributed by atoms with Crippen LogP contribution in [0.25, 0.3) is 0 Å².